The molecule has 2 N–H and O–H groups in total. The number of nitrogens with one attached hydrogen (secondary N) is 1. The van der Waals surface area contributed by atoms with Crippen LogP contribution in [0.3, 0.4) is 0 Å². The first-order chi connectivity index (χ1) is 8.56. The Labute approximate surface area is 118 Å². The standard InChI is InChI=1S/C13H12BrNO2S/c1-8(12-3-2-4-18-12)15-11-6-9(13(16)17)5-10(14)7-11/h2-8,15H,1H3,(H,16,17). The van der Waals surface area contributed by atoms with Gasteiger partial charge >= 0.3 is 5.97 Å². The van der Waals surface area contributed by atoms with E-state index < -0.39 is 5.97 Å². The van der Waals surface area contributed by atoms with Crippen LogP contribution in [0, 0.1) is 0 Å². The summed E-state index contributed by atoms with van der Waals surface area (Å²) in [6.45, 7) is 2.05. The molecule has 1 unspecified atom stereocenters. The van der Waals surface area contributed by atoms with Gasteiger partial charge in [-0.1, -0.05) is 22.0 Å². The number of benzene rings is 1. The molecular formula is C13H12BrNO2S. The number of anilines is 1. The van der Waals surface area contributed by atoms with Crippen LogP contribution in [0.25, 0.3) is 0 Å². The zero-order valence-corrected chi connectivity index (χ0v) is 12.1. The van der Waals surface area contributed by atoms with Crippen molar-refractivity contribution in [2.45, 2.75) is 13.0 Å². The minimum absolute atomic E-state index is 0.154. The van der Waals surface area contributed by atoms with Crippen LogP contribution < -0.4 is 5.32 Å². The molecule has 94 valence electrons. The van der Waals surface area contributed by atoms with Gasteiger partial charge in [0.25, 0.3) is 0 Å². The van der Waals surface area contributed by atoms with E-state index in [4.69, 9.17) is 5.11 Å². The second-order valence-corrected chi connectivity index (χ2v) is 5.81. The molecule has 0 amide bonds. The number of aromatic carboxylic acids is 1. The SMILES string of the molecule is CC(Nc1cc(Br)cc(C(=O)O)c1)c1cccs1. The monoisotopic (exact) mass is 325 g/mol. The van der Waals surface area contributed by atoms with Gasteiger partial charge in [0, 0.05) is 15.0 Å². The lowest BCUT2D eigenvalue weighted by atomic mass is 10.2. The molecule has 5 heteroatoms. The maximum absolute atomic E-state index is 11.0. The van der Waals surface area contributed by atoms with Crippen molar-refractivity contribution < 1.29 is 9.90 Å². The van der Waals surface area contributed by atoms with E-state index in [-0.39, 0.29) is 11.6 Å². The van der Waals surface area contributed by atoms with Crippen molar-refractivity contribution in [2.75, 3.05) is 5.32 Å². The molecule has 2 rings (SSSR count). The number of hydrogen-bond acceptors (Lipinski definition) is 3. The van der Waals surface area contributed by atoms with Gasteiger partial charge in [-0.25, -0.2) is 4.79 Å². The summed E-state index contributed by atoms with van der Waals surface area (Å²) in [6.07, 6.45) is 0. The minimum Gasteiger partial charge on any atom is -0.478 e. The maximum atomic E-state index is 11.0. The molecule has 2 aromatic rings. The summed E-state index contributed by atoms with van der Waals surface area (Å²) in [7, 11) is 0. The molecule has 0 aliphatic carbocycles. The van der Waals surface area contributed by atoms with Crippen LogP contribution in [0.4, 0.5) is 5.69 Å². The highest BCUT2D eigenvalue weighted by molar-refractivity contribution is 9.10. The van der Waals surface area contributed by atoms with Crippen LogP contribution in [0.2, 0.25) is 0 Å². The number of hydrogen-bond donors (Lipinski definition) is 2. The number of rotatable bonds is 4. The highest BCUT2D eigenvalue weighted by atomic mass is 79.9. The van der Waals surface area contributed by atoms with E-state index in [2.05, 4.69) is 27.3 Å². The van der Waals surface area contributed by atoms with E-state index in [9.17, 15) is 4.79 Å². The third-order valence-corrected chi connectivity index (χ3v) is 4.01. The highest BCUT2D eigenvalue weighted by Gasteiger charge is 2.09. The predicted octanol–water partition coefficient (Wildman–Crippen LogP) is 4.38. The lowest BCUT2D eigenvalue weighted by Crippen LogP contribution is -2.06. The molecular weight excluding hydrogens is 314 g/mol. The van der Waals surface area contributed by atoms with Crippen molar-refractivity contribution >= 4 is 38.9 Å². The lowest BCUT2D eigenvalue weighted by Gasteiger charge is -2.14. The van der Waals surface area contributed by atoms with E-state index in [1.54, 1.807) is 23.5 Å². The van der Waals surface area contributed by atoms with Gasteiger partial charge in [-0.15, -0.1) is 11.3 Å². The van der Waals surface area contributed by atoms with Gasteiger partial charge < -0.3 is 10.4 Å². The van der Waals surface area contributed by atoms with Crippen molar-refractivity contribution in [3.8, 4) is 0 Å². The second kappa shape index (κ2) is 5.54. The zero-order valence-electron chi connectivity index (χ0n) is 9.68. The molecule has 0 spiro atoms. The largest absolute Gasteiger partial charge is 0.478 e. The molecule has 1 aromatic carbocycles. The predicted molar refractivity (Wildman–Crippen MR) is 77.5 cm³/mol. The van der Waals surface area contributed by atoms with Crippen LogP contribution >= 0.6 is 27.3 Å². The highest BCUT2D eigenvalue weighted by Crippen LogP contribution is 2.26. The van der Waals surface area contributed by atoms with Crippen LogP contribution in [0.15, 0.2) is 40.2 Å². The summed E-state index contributed by atoms with van der Waals surface area (Å²) < 4.78 is 0.753. The summed E-state index contributed by atoms with van der Waals surface area (Å²) in [5.74, 6) is -0.928. The molecule has 0 fully saturated rings. The Morgan fingerprint density at radius 2 is 2.22 bits per heavy atom. The summed E-state index contributed by atoms with van der Waals surface area (Å²) in [6, 6.07) is 9.30. The van der Waals surface area contributed by atoms with E-state index in [1.807, 2.05) is 24.4 Å². The molecule has 0 saturated heterocycles. The van der Waals surface area contributed by atoms with Gasteiger partial charge in [-0.2, -0.15) is 0 Å². The van der Waals surface area contributed by atoms with Gasteiger partial charge in [0.15, 0.2) is 0 Å². The number of carboxylic acids is 1. The summed E-state index contributed by atoms with van der Waals surface area (Å²) in [4.78, 5) is 12.2. The van der Waals surface area contributed by atoms with E-state index in [0.717, 1.165) is 10.2 Å². The van der Waals surface area contributed by atoms with Crippen molar-refractivity contribution in [1.29, 1.82) is 0 Å². The fourth-order valence-electron chi connectivity index (χ4n) is 1.66. The quantitative estimate of drug-likeness (QED) is 0.876. The van der Waals surface area contributed by atoms with Crippen LogP contribution in [0.5, 0.6) is 0 Å². The third kappa shape index (κ3) is 3.11. The van der Waals surface area contributed by atoms with Crippen molar-refractivity contribution in [3.05, 3.63) is 50.6 Å². The molecule has 0 radical (unpaired) electrons. The Bertz CT molecular complexity index is 554. The molecule has 0 bridgehead atoms. The first-order valence-electron chi connectivity index (χ1n) is 5.40. The molecule has 1 atom stereocenters. The Morgan fingerprint density at radius 1 is 1.44 bits per heavy atom. The number of halogens is 1. The smallest absolute Gasteiger partial charge is 0.335 e. The number of carbonyl (C=O) groups is 1. The Hall–Kier alpha value is -1.33. The van der Waals surface area contributed by atoms with Gasteiger partial charge in [0.2, 0.25) is 0 Å². The normalized spacial score (nSPS) is 12.1. The summed E-state index contributed by atoms with van der Waals surface area (Å²) in [5, 5.41) is 14.3. The van der Waals surface area contributed by atoms with E-state index in [0.29, 0.717) is 0 Å². The van der Waals surface area contributed by atoms with Crippen LogP contribution in [-0.2, 0) is 0 Å². The van der Waals surface area contributed by atoms with Crippen molar-refractivity contribution in [3.63, 3.8) is 0 Å². The fraction of sp³-hybridized carbons (Fsp3) is 0.154. The molecule has 0 saturated carbocycles. The van der Waals surface area contributed by atoms with Crippen molar-refractivity contribution in [1.82, 2.24) is 0 Å². The Kier molecular flexibility index (Phi) is 4.04. The number of thiophene rings is 1. The molecule has 0 aliphatic heterocycles. The minimum atomic E-state index is -0.928. The van der Waals surface area contributed by atoms with Crippen molar-refractivity contribution in [2.24, 2.45) is 0 Å². The molecule has 1 heterocycles. The van der Waals surface area contributed by atoms with Gasteiger partial charge in [-0.3, -0.25) is 0 Å². The Balaban J connectivity index is 2.21. The second-order valence-electron chi connectivity index (χ2n) is 3.92. The lowest BCUT2D eigenvalue weighted by molar-refractivity contribution is 0.0697. The first-order valence-corrected chi connectivity index (χ1v) is 7.07. The molecule has 1 aromatic heterocycles. The fourth-order valence-corrected chi connectivity index (χ4v) is 2.88. The molecule has 18 heavy (non-hydrogen) atoms. The topological polar surface area (TPSA) is 49.3 Å². The van der Waals surface area contributed by atoms with E-state index >= 15 is 0 Å². The maximum Gasteiger partial charge on any atom is 0.335 e. The average Bonchev–Trinajstić information content (AvgIpc) is 2.81. The van der Waals surface area contributed by atoms with Crippen LogP contribution in [-0.4, -0.2) is 11.1 Å². The van der Waals surface area contributed by atoms with Crippen LogP contribution in [0.1, 0.15) is 28.2 Å². The summed E-state index contributed by atoms with van der Waals surface area (Å²) >= 11 is 4.99. The summed E-state index contributed by atoms with van der Waals surface area (Å²) in [5.41, 5.74) is 1.06. The first kappa shape index (κ1) is 13.1. The number of carboxylic acid groups (broad SMARTS) is 1. The van der Waals surface area contributed by atoms with E-state index in [1.165, 1.54) is 4.88 Å². The molecule has 3 nitrogen and oxygen atoms in total. The molecule has 0 aliphatic rings. The zero-order chi connectivity index (χ0) is 13.1. The van der Waals surface area contributed by atoms with Gasteiger partial charge in [0.05, 0.1) is 11.6 Å². The van der Waals surface area contributed by atoms with Gasteiger partial charge in [0.1, 0.15) is 0 Å². The third-order valence-electron chi connectivity index (χ3n) is 2.50. The average molecular weight is 326 g/mol. The van der Waals surface area contributed by atoms with Gasteiger partial charge in [-0.05, 0) is 36.6 Å². The Morgan fingerprint density at radius 3 is 2.83 bits per heavy atom.